The van der Waals surface area contributed by atoms with E-state index in [1.54, 1.807) is 0 Å². The Morgan fingerprint density at radius 1 is 0.500 bits per heavy atom. The first-order valence-corrected chi connectivity index (χ1v) is 0. The molecule has 0 amide bonds. The van der Waals surface area contributed by atoms with Gasteiger partial charge in [-0.3, -0.25) is 0 Å². The van der Waals surface area contributed by atoms with Gasteiger partial charge in [-0.05, 0) is 0 Å². The van der Waals surface area contributed by atoms with Crippen LogP contribution in [0.25, 0.3) is 0 Å². The van der Waals surface area contributed by atoms with Crippen molar-refractivity contribution in [2.45, 2.75) is 0 Å². The van der Waals surface area contributed by atoms with Crippen molar-refractivity contribution in [3.8, 4) is 0 Å². The van der Waals surface area contributed by atoms with Crippen molar-refractivity contribution in [3.63, 3.8) is 0 Å². The van der Waals surface area contributed by atoms with Crippen LogP contribution in [0.2, 0.25) is 0 Å². The minimum atomic E-state index is 0. The quantitative estimate of drug-likeness (QED) is 0.544. The maximum absolute atomic E-state index is 0. The first-order valence-electron chi connectivity index (χ1n) is 0. The monoisotopic (exact) mass is 275 g/mol. The van der Waals surface area contributed by atoms with E-state index in [0.29, 0.717) is 0 Å². The molecule has 33 valence electrons. The molecule has 0 unspecified atom stereocenters. The van der Waals surface area contributed by atoms with Crippen molar-refractivity contribution in [2.24, 2.45) is 0 Å². The van der Waals surface area contributed by atoms with Gasteiger partial charge >= 0.3 is 0 Å². The van der Waals surface area contributed by atoms with Crippen molar-refractivity contribution in [1.29, 1.82) is 0 Å². The van der Waals surface area contributed by atoms with Gasteiger partial charge in [0.15, 0.2) is 0 Å². The van der Waals surface area contributed by atoms with Crippen LogP contribution >= 0.6 is 0 Å². The van der Waals surface area contributed by atoms with Crippen LogP contribution in [0.3, 0.4) is 0 Å². The Labute approximate surface area is 70.7 Å². The van der Waals surface area contributed by atoms with E-state index in [2.05, 4.69) is 0 Å². The van der Waals surface area contributed by atoms with Crippen LogP contribution < -0.4 is 0 Å². The molecule has 0 aliphatic heterocycles. The average molecular weight is 273 g/mol. The molecule has 3 radical (unpaired) electrons. The molecule has 0 aromatic rings. The molecule has 0 atom stereocenters. The normalized spacial score (nSPS) is 0. The third kappa shape index (κ3) is 8.88. The summed E-state index contributed by atoms with van der Waals surface area (Å²) in [6.45, 7) is 0. The summed E-state index contributed by atoms with van der Waals surface area (Å²) in [5.41, 5.74) is 0. The Balaban J connectivity index is 0. The first-order chi connectivity index (χ1) is 0. The zero-order valence-corrected chi connectivity index (χ0v) is 6.54. The zero-order valence-electron chi connectivity index (χ0n) is 1.41. The third-order valence-corrected chi connectivity index (χ3v) is 0. The molecule has 0 nitrogen and oxygen atoms in total. The predicted molar refractivity (Wildman–Crippen MR) is 0 cm³/mol. The van der Waals surface area contributed by atoms with Gasteiger partial charge in [-0.15, -0.1) is 0 Å². The number of hydrogen-bond acceptors (Lipinski definition) is 0. The molecule has 0 rings (SSSR count). The second-order valence-corrected chi connectivity index (χ2v) is 0. The van der Waals surface area contributed by atoms with Crippen molar-refractivity contribution in [2.75, 3.05) is 0 Å². The van der Waals surface area contributed by atoms with Gasteiger partial charge in [0.25, 0.3) is 0 Å². The van der Waals surface area contributed by atoms with Gasteiger partial charge in [-0.2, -0.15) is 0 Å². The zero-order chi connectivity index (χ0) is 0. The number of rotatable bonds is 0. The second kappa shape index (κ2) is 18.9. The first kappa shape index (κ1) is 34.5. The van der Waals surface area contributed by atoms with E-state index < -0.39 is 0 Å². The van der Waals surface area contributed by atoms with Crippen LogP contribution in [0.1, 0.15) is 0 Å². The summed E-state index contributed by atoms with van der Waals surface area (Å²) in [5.74, 6) is 0. The molecule has 0 spiro atoms. The fraction of sp³-hybridized carbons (Fsp3) is 0. The van der Waals surface area contributed by atoms with Gasteiger partial charge in [0.05, 0.1) is 0 Å². The summed E-state index contributed by atoms with van der Waals surface area (Å²) in [6, 6.07) is 0. The Bertz CT molecular complexity index is 3.25. The van der Waals surface area contributed by atoms with Crippen LogP contribution in [0.4, 0.5) is 0 Å². The third-order valence-electron chi connectivity index (χ3n) is 0. The summed E-state index contributed by atoms with van der Waals surface area (Å²) in [5, 5.41) is 0. The van der Waals surface area contributed by atoms with E-state index in [1.807, 2.05) is 0 Å². The molecular formula is Co3Mo. The largest absolute Gasteiger partial charge is 0 e. The van der Waals surface area contributed by atoms with E-state index in [0.717, 1.165) is 0 Å². The molecule has 0 aromatic carbocycles. The molecule has 0 N–H and O–H groups in total. The van der Waals surface area contributed by atoms with Gasteiger partial charge in [0.2, 0.25) is 0 Å². The van der Waals surface area contributed by atoms with Gasteiger partial charge in [-0.25, -0.2) is 0 Å². The van der Waals surface area contributed by atoms with Crippen molar-refractivity contribution in [1.82, 2.24) is 0 Å². The SMILES string of the molecule is [Co].[Co].[Co].[Mo]. The van der Waals surface area contributed by atoms with Crippen LogP contribution in [-0.2, 0) is 71.4 Å². The molecule has 0 aromatic heterocycles. The van der Waals surface area contributed by atoms with Crippen molar-refractivity contribution in [3.05, 3.63) is 0 Å². The molecule has 0 bridgehead atoms. The molecule has 0 saturated heterocycles. The van der Waals surface area contributed by atoms with Crippen LogP contribution in [0.15, 0.2) is 0 Å². The van der Waals surface area contributed by atoms with E-state index in [1.165, 1.54) is 0 Å². The van der Waals surface area contributed by atoms with Crippen LogP contribution in [0, 0.1) is 0 Å². The second-order valence-electron chi connectivity index (χ2n) is 0. The predicted octanol–water partition coefficient (Wildman–Crippen LogP) is -0.0100. The Morgan fingerprint density at radius 2 is 0.500 bits per heavy atom. The summed E-state index contributed by atoms with van der Waals surface area (Å²) < 4.78 is 0. The van der Waals surface area contributed by atoms with Gasteiger partial charge in [0, 0.05) is 71.4 Å². The molecule has 0 heterocycles. The van der Waals surface area contributed by atoms with E-state index in [9.17, 15) is 0 Å². The summed E-state index contributed by atoms with van der Waals surface area (Å²) in [7, 11) is 0. The summed E-state index contributed by atoms with van der Waals surface area (Å²) in [4.78, 5) is 0. The Kier molecular flexibility index (Phi) is 163. The molecule has 4 heteroatoms. The molecule has 0 saturated carbocycles. The van der Waals surface area contributed by atoms with Gasteiger partial charge in [0.1, 0.15) is 0 Å². The van der Waals surface area contributed by atoms with E-state index in [4.69, 9.17) is 0 Å². The molecule has 4 heavy (non-hydrogen) atoms. The van der Waals surface area contributed by atoms with E-state index >= 15 is 0 Å². The van der Waals surface area contributed by atoms with Crippen LogP contribution in [0.5, 0.6) is 0 Å². The summed E-state index contributed by atoms with van der Waals surface area (Å²) in [6.07, 6.45) is 0. The fourth-order valence-corrected chi connectivity index (χ4v) is 0. The molecule has 0 aliphatic carbocycles. The maximum Gasteiger partial charge on any atom is 0 e. The maximum atomic E-state index is 0. The smallest absolute Gasteiger partial charge is 0 e. The van der Waals surface area contributed by atoms with Crippen LogP contribution in [-0.4, -0.2) is 0 Å². The summed E-state index contributed by atoms with van der Waals surface area (Å²) >= 11 is 0. The van der Waals surface area contributed by atoms with E-state index in [-0.39, 0.29) is 71.4 Å². The standard InChI is InChI=1S/3Co.Mo. The van der Waals surface area contributed by atoms with Crippen molar-refractivity contribution < 1.29 is 71.4 Å². The van der Waals surface area contributed by atoms with Gasteiger partial charge in [-0.1, -0.05) is 0 Å². The average Bonchev–Trinajstić information content (AvgIpc) is 0. The van der Waals surface area contributed by atoms with Gasteiger partial charge < -0.3 is 0 Å². The fourth-order valence-electron chi connectivity index (χ4n) is 0. The minimum absolute atomic E-state index is 0. The molecule has 0 aliphatic rings. The molecular weight excluding hydrogens is 273 g/mol. The van der Waals surface area contributed by atoms with Crippen molar-refractivity contribution >= 4 is 0 Å². The Hall–Kier alpha value is 2.21. The minimum Gasteiger partial charge on any atom is 0 e. The number of hydrogen-bond donors (Lipinski definition) is 0. The Morgan fingerprint density at radius 3 is 0.500 bits per heavy atom. The topological polar surface area (TPSA) is 0 Å². The molecule has 0 fully saturated rings.